The maximum atomic E-state index is 12.2. The van der Waals surface area contributed by atoms with Crippen molar-refractivity contribution in [1.82, 2.24) is 4.90 Å². The van der Waals surface area contributed by atoms with Crippen LogP contribution in [0.3, 0.4) is 0 Å². The van der Waals surface area contributed by atoms with E-state index in [2.05, 4.69) is 0 Å². The van der Waals surface area contributed by atoms with Crippen molar-refractivity contribution in [2.75, 3.05) is 13.2 Å². The third kappa shape index (κ3) is 3.12. The third-order valence-corrected chi connectivity index (χ3v) is 2.96. The van der Waals surface area contributed by atoms with Gasteiger partial charge in [0.15, 0.2) is 5.54 Å². The molecule has 1 heterocycles. The summed E-state index contributed by atoms with van der Waals surface area (Å²) in [4.78, 5) is 25.6. The Morgan fingerprint density at radius 1 is 1.45 bits per heavy atom. The van der Waals surface area contributed by atoms with Gasteiger partial charge in [0, 0.05) is 6.54 Å². The second-order valence-electron chi connectivity index (χ2n) is 5.72. The Morgan fingerprint density at radius 2 is 2.05 bits per heavy atom. The van der Waals surface area contributed by atoms with Gasteiger partial charge in [-0.05, 0) is 40.7 Å². The largest absolute Gasteiger partial charge is 0.464 e. The van der Waals surface area contributed by atoms with Gasteiger partial charge in [0.05, 0.1) is 12.7 Å². The van der Waals surface area contributed by atoms with Crippen LogP contribution in [0.2, 0.25) is 0 Å². The predicted octanol–water partition coefficient (Wildman–Crippen LogP) is 1.48. The van der Waals surface area contributed by atoms with Crippen LogP contribution >= 0.6 is 0 Å². The number of hydrogen-bond donors (Lipinski definition) is 1. The fraction of sp³-hybridized carbons (Fsp3) is 0.714. The molecule has 0 unspecified atom stereocenters. The number of ether oxygens (including phenoxy) is 2. The van der Waals surface area contributed by atoms with Crippen molar-refractivity contribution in [2.24, 2.45) is 0 Å². The van der Waals surface area contributed by atoms with E-state index in [-0.39, 0.29) is 13.2 Å². The van der Waals surface area contributed by atoms with E-state index in [1.807, 2.05) is 0 Å². The molecule has 0 aromatic heterocycles. The Labute approximate surface area is 119 Å². The second kappa shape index (κ2) is 5.83. The molecular formula is C14H23NO5. The molecular weight excluding hydrogens is 262 g/mol. The highest BCUT2D eigenvalue weighted by molar-refractivity contribution is 5.90. The molecule has 0 saturated carbocycles. The molecule has 1 aliphatic heterocycles. The fourth-order valence-electron chi connectivity index (χ4n) is 2.08. The van der Waals surface area contributed by atoms with Crippen molar-refractivity contribution in [1.29, 1.82) is 0 Å². The molecule has 1 amide bonds. The number of amides is 1. The maximum Gasteiger partial charge on any atom is 0.411 e. The quantitative estimate of drug-likeness (QED) is 0.628. The van der Waals surface area contributed by atoms with Crippen LogP contribution in [0.15, 0.2) is 12.2 Å². The molecule has 20 heavy (non-hydrogen) atoms. The molecule has 0 saturated heterocycles. The summed E-state index contributed by atoms with van der Waals surface area (Å²) >= 11 is 0. The number of aliphatic hydroxyl groups is 1. The molecule has 0 bridgehead atoms. The first kappa shape index (κ1) is 16.5. The van der Waals surface area contributed by atoms with Crippen LogP contribution in [0.5, 0.6) is 0 Å². The van der Waals surface area contributed by atoms with Gasteiger partial charge in [0.25, 0.3) is 0 Å². The van der Waals surface area contributed by atoms with Gasteiger partial charge < -0.3 is 14.6 Å². The number of aliphatic hydroxyl groups excluding tert-OH is 1. The average Bonchev–Trinajstić information content (AvgIpc) is 2.72. The van der Waals surface area contributed by atoms with Crippen molar-refractivity contribution in [2.45, 2.75) is 51.9 Å². The Morgan fingerprint density at radius 3 is 2.50 bits per heavy atom. The molecule has 1 aliphatic rings. The highest BCUT2D eigenvalue weighted by atomic mass is 16.6. The molecule has 0 aromatic carbocycles. The van der Waals surface area contributed by atoms with Crippen LogP contribution in [-0.2, 0) is 14.3 Å². The zero-order chi connectivity index (χ0) is 15.6. The van der Waals surface area contributed by atoms with Crippen molar-refractivity contribution in [3.05, 3.63) is 12.2 Å². The molecule has 0 fully saturated rings. The van der Waals surface area contributed by atoms with Gasteiger partial charge in [-0.2, -0.15) is 0 Å². The summed E-state index contributed by atoms with van der Waals surface area (Å²) in [5.74, 6) is -0.658. The zero-order valence-electron chi connectivity index (χ0n) is 12.7. The summed E-state index contributed by atoms with van der Waals surface area (Å²) in [6.45, 7) is 8.70. The minimum atomic E-state index is -1.52. The molecule has 0 aliphatic carbocycles. The van der Waals surface area contributed by atoms with Gasteiger partial charge in [-0.25, -0.2) is 9.59 Å². The van der Waals surface area contributed by atoms with Crippen molar-refractivity contribution in [3.63, 3.8) is 0 Å². The van der Waals surface area contributed by atoms with Crippen LogP contribution in [-0.4, -0.2) is 52.5 Å². The molecule has 1 rings (SSSR count). The summed E-state index contributed by atoms with van der Waals surface area (Å²) in [5.41, 5.74) is -2.20. The first-order valence-corrected chi connectivity index (χ1v) is 6.68. The molecule has 6 nitrogen and oxygen atoms in total. The van der Waals surface area contributed by atoms with Gasteiger partial charge in [-0.1, -0.05) is 6.08 Å². The minimum absolute atomic E-state index is 0.170. The zero-order valence-corrected chi connectivity index (χ0v) is 12.7. The topological polar surface area (TPSA) is 76.1 Å². The van der Waals surface area contributed by atoms with Crippen LogP contribution < -0.4 is 0 Å². The third-order valence-electron chi connectivity index (χ3n) is 2.96. The van der Waals surface area contributed by atoms with E-state index in [4.69, 9.17) is 9.47 Å². The molecule has 2 atom stereocenters. The summed E-state index contributed by atoms with van der Waals surface area (Å²) in [6.07, 6.45) is 1.39. The van der Waals surface area contributed by atoms with Gasteiger partial charge in [0.1, 0.15) is 5.60 Å². The van der Waals surface area contributed by atoms with E-state index in [1.165, 1.54) is 17.9 Å². The van der Waals surface area contributed by atoms with Gasteiger partial charge >= 0.3 is 12.1 Å². The van der Waals surface area contributed by atoms with Crippen LogP contribution in [0, 0.1) is 0 Å². The highest BCUT2D eigenvalue weighted by Gasteiger charge is 2.53. The minimum Gasteiger partial charge on any atom is -0.464 e. The lowest BCUT2D eigenvalue weighted by atomic mass is 9.93. The molecule has 0 radical (unpaired) electrons. The predicted molar refractivity (Wildman–Crippen MR) is 73.1 cm³/mol. The SMILES string of the molecule is CCOC(=O)[C@]1([C@H](C)O)C=CCN1C(=O)OC(C)(C)C. The fourth-order valence-corrected chi connectivity index (χ4v) is 2.08. The monoisotopic (exact) mass is 285 g/mol. The Bertz CT molecular complexity index is 410. The number of esters is 1. The first-order valence-electron chi connectivity index (χ1n) is 6.68. The molecule has 1 N–H and O–H groups in total. The van der Waals surface area contributed by atoms with Crippen molar-refractivity contribution in [3.8, 4) is 0 Å². The normalized spacial score (nSPS) is 23.6. The standard InChI is InChI=1S/C14H23NO5/c1-6-19-11(17)14(10(2)16)8-7-9-15(14)12(18)20-13(3,4)5/h7-8,10,16H,6,9H2,1-5H3/t10-,14+/m0/s1. The lowest BCUT2D eigenvalue weighted by molar-refractivity contribution is -0.159. The van der Waals surface area contributed by atoms with Crippen molar-refractivity contribution >= 4 is 12.1 Å². The first-order chi connectivity index (χ1) is 9.15. The van der Waals surface area contributed by atoms with E-state index in [9.17, 15) is 14.7 Å². The van der Waals surface area contributed by atoms with Gasteiger partial charge in [0.2, 0.25) is 0 Å². The van der Waals surface area contributed by atoms with E-state index < -0.39 is 29.3 Å². The summed E-state index contributed by atoms with van der Waals surface area (Å²) in [7, 11) is 0. The average molecular weight is 285 g/mol. The van der Waals surface area contributed by atoms with E-state index in [0.717, 1.165) is 0 Å². The number of rotatable bonds is 3. The van der Waals surface area contributed by atoms with Crippen LogP contribution in [0.25, 0.3) is 0 Å². The second-order valence-corrected chi connectivity index (χ2v) is 5.72. The Hall–Kier alpha value is -1.56. The molecule has 0 spiro atoms. The van der Waals surface area contributed by atoms with Crippen molar-refractivity contribution < 1.29 is 24.2 Å². The van der Waals surface area contributed by atoms with Gasteiger partial charge in [-0.15, -0.1) is 0 Å². The lowest BCUT2D eigenvalue weighted by Crippen LogP contribution is -2.60. The highest BCUT2D eigenvalue weighted by Crippen LogP contribution is 2.30. The van der Waals surface area contributed by atoms with Gasteiger partial charge in [-0.3, -0.25) is 4.90 Å². The summed E-state index contributed by atoms with van der Waals surface area (Å²) in [6, 6.07) is 0. The maximum absolute atomic E-state index is 12.2. The van der Waals surface area contributed by atoms with Crippen LogP contribution in [0.4, 0.5) is 4.79 Å². The van der Waals surface area contributed by atoms with E-state index >= 15 is 0 Å². The molecule has 0 aromatic rings. The molecule has 6 heteroatoms. The number of carbonyl (C=O) groups is 2. The van der Waals surface area contributed by atoms with E-state index in [1.54, 1.807) is 33.8 Å². The Balaban J connectivity index is 3.06. The summed E-state index contributed by atoms with van der Waals surface area (Å²) in [5, 5.41) is 10.0. The number of hydrogen-bond acceptors (Lipinski definition) is 5. The smallest absolute Gasteiger partial charge is 0.411 e. The van der Waals surface area contributed by atoms with E-state index in [0.29, 0.717) is 0 Å². The number of nitrogens with zero attached hydrogens (tertiary/aromatic N) is 1. The number of carbonyl (C=O) groups excluding carboxylic acids is 2. The van der Waals surface area contributed by atoms with Crippen LogP contribution in [0.1, 0.15) is 34.6 Å². The molecule has 114 valence electrons. The summed E-state index contributed by atoms with van der Waals surface area (Å²) < 4.78 is 10.3. The lowest BCUT2D eigenvalue weighted by Gasteiger charge is -2.38. The Kier molecular flexibility index (Phi) is 4.81.